The Balaban J connectivity index is 1.41. The van der Waals surface area contributed by atoms with Gasteiger partial charge in [-0.3, -0.25) is 13.9 Å². The lowest BCUT2D eigenvalue weighted by Crippen LogP contribution is -2.52. The van der Waals surface area contributed by atoms with E-state index in [1.807, 2.05) is 26.0 Å². The molecule has 6 rings (SSSR count). The van der Waals surface area contributed by atoms with Gasteiger partial charge in [0.15, 0.2) is 0 Å². The lowest BCUT2D eigenvalue weighted by molar-refractivity contribution is -0.140. The van der Waals surface area contributed by atoms with Gasteiger partial charge in [0.05, 0.1) is 11.9 Å². The summed E-state index contributed by atoms with van der Waals surface area (Å²) in [6.45, 7) is 3.87. The normalized spacial score (nSPS) is 24.9. The van der Waals surface area contributed by atoms with Gasteiger partial charge in [-0.15, -0.1) is 0 Å². The van der Waals surface area contributed by atoms with Gasteiger partial charge in [-0.2, -0.15) is 0 Å². The summed E-state index contributed by atoms with van der Waals surface area (Å²) in [5, 5.41) is 3.71. The monoisotopic (exact) mass is 647 g/mol. The van der Waals surface area contributed by atoms with E-state index in [0.29, 0.717) is 34.3 Å². The predicted molar refractivity (Wildman–Crippen MR) is 173 cm³/mol. The Kier molecular flexibility index (Phi) is 9.69. The average Bonchev–Trinajstić information content (AvgIpc) is 2.94. The highest BCUT2D eigenvalue weighted by atomic mass is 35.5. The number of nitrogens with zero attached hydrogens (tertiary/aromatic N) is 2. The highest BCUT2D eigenvalue weighted by molar-refractivity contribution is 7.92. The van der Waals surface area contributed by atoms with Crippen molar-refractivity contribution in [3.8, 4) is 0 Å². The zero-order valence-electron chi connectivity index (χ0n) is 25.3. The van der Waals surface area contributed by atoms with Gasteiger partial charge >= 0.3 is 0 Å². The molecule has 4 fully saturated rings. The number of benzene rings is 2. The number of amides is 2. The average molecular weight is 649 g/mol. The maximum absolute atomic E-state index is 14.0. The summed E-state index contributed by atoms with van der Waals surface area (Å²) in [6.07, 6.45) is 9.93. The van der Waals surface area contributed by atoms with Gasteiger partial charge in [0.25, 0.3) is 0 Å². The van der Waals surface area contributed by atoms with Crippen molar-refractivity contribution in [2.45, 2.75) is 83.2 Å². The SMILES string of the molecule is CCCNC(=O)C(CC)N(Cc1ccc(Cl)cc1Cl)C(=O)CN(c1ccc(C23CC4CC(CC(C4)C2)C3)cc1)S(C)(=O)=O. The third-order valence-electron chi connectivity index (χ3n) is 9.78. The zero-order chi connectivity index (χ0) is 30.9. The fourth-order valence-corrected chi connectivity index (χ4v) is 9.50. The second-order valence-electron chi connectivity index (χ2n) is 13.0. The number of rotatable bonds is 12. The van der Waals surface area contributed by atoms with E-state index in [1.54, 1.807) is 18.2 Å². The number of halogens is 2. The number of hydrogen-bond donors (Lipinski definition) is 1. The Morgan fingerprint density at radius 1 is 0.977 bits per heavy atom. The summed E-state index contributed by atoms with van der Waals surface area (Å²) in [5.41, 5.74) is 2.53. The zero-order valence-corrected chi connectivity index (χ0v) is 27.6. The number of sulfonamides is 1. The van der Waals surface area contributed by atoms with E-state index in [1.165, 1.54) is 49.0 Å². The van der Waals surface area contributed by atoms with E-state index in [2.05, 4.69) is 17.4 Å². The number of anilines is 1. The van der Waals surface area contributed by atoms with E-state index >= 15 is 0 Å². The summed E-state index contributed by atoms with van der Waals surface area (Å²) < 4.78 is 27.3. The van der Waals surface area contributed by atoms with Gasteiger partial charge in [0.2, 0.25) is 21.8 Å². The van der Waals surface area contributed by atoms with E-state index in [0.717, 1.165) is 34.7 Å². The minimum Gasteiger partial charge on any atom is -0.354 e. The van der Waals surface area contributed by atoms with Gasteiger partial charge in [-0.25, -0.2) is 8.42 Å². The van der Waals surface area contributed by atoms with Crippen LogP contribution in [0.5, 0.6) is 0 Å². The molecule has 2 amide bonds. The molecule has 4 saturated carbocycles. The maximum atomic E-state index is 14.0. The minimum atomic E-state index is -3.82. The Labute approximate surface area is 266 Å². The molecule has 1 unspecified atom stereocenters. The number of carbonyl (C=O) groups is 2. The summed E-state index contributed by atoms with van der Waals surface area (Å²) >= 11 is 12.6. The third-order valence-corrected chi connectivity index (χ3v) is 11.5. The summed E-state index contributed by atoms with van der Waals surface area (Å²) in [6, 6.07) is 12.0. The highest BCUT2D eigenvalue weighted by Crippen LogP contribution is 2.60. The lowest BCUT2D eigenvalue weighted by Gasteiger charge is -2.57. The molecule has 234 valence electrons. The molecule has 0 aromatic heterocycles. The van der Waals surface area contributed by atoms with Crippen molar-refractivity contribution in [3.05, 3.63) is 63.6 Å². The molecule has 10 heteroatoms. The highest BCUT2D eigenvalue weighted by Gasteiger charge is 2.51. The summed E-state index contributed by atoms with van der Waals surface area (Å²) in [4.78, 5) is 28.6. The standard InChI is InChI=1S/C33H43Cl2N3O4S/c1-4-12-36-32(40)30(5-2)37(20-25-6-9-27(34)16-29(25)35)31(39)21-38(43(3,41)42)28-10-7-26(8-11-28)33-17-22-13-23(18-33)15-24(14-22)19-33/h6-11,16,22-24,30H,4-5,12-15,17-21H2,1-3H3,(H,36,40). The molecule has 43 heavy (non-hydrogen) atoms. The van der Waals surface area contributed by atoms with Crippen LogP contribution < -0.4 is 9.62 Å². The van der Waals surface area contributed by atoms with Crippen molar-refractivity contribution in [1.82, 2.24) is 10.2 Å². The molecule has 4 bridgehead atoms. The molecular formula is C33H43Cl2N3O4S. The predicted octanol–water partition coefficient (Wildman–Crippen LogP) is 6.56. The van der Waals surface area contributed by atoms with Gasteiger partial charge in [0.1, 0.15) is 12.6 Å². The van der Waals surface area contributed by atoms with Gasteiger partial charge in [-0.05, 0) is 110 Å². The van der Waals surface area contributed by atoms with Crippen molar-refractivity contribution >= 4 is 50.7 Å². The Morgan fingerprint density at radius 2 is 1.58 bits per heavy atom. The number of hydrogen-bond acceptors (Lipinski definition) is 4. The Hall–Kier alpha value is -2.29. The molecule has 2 aromatic carbocycles. The van der Waals surface area contributed by atoms with Crippen LogP contribution in [0.15, 0.2) is 42.5 Å². The van der Waals surface area contributed by atoms with Crippen molar-refractivity contribution in [1.29, 1.82) is 0 Å². The molecular weight excluding hydrogens is 605 g/mol. The van der Waals surface area contributed by atoms with Crippen molar-refractivity contribution in [3.63, 3.8) is 0 Å². The first-order chi connectivity index (χ1) is 20.4. The maximum Gasteiger partial charge on any atom is 0.244 e. The molecule has 0 saturated heterocycles. The van der Waals surface area contributed by atoms with Gasteiger partial charge < -0.3 is 10.2 Å². The molecule has 0 radical (unpaired) electrons. The van der Waals surface area contributed by atoms with Crippen LogP contribution in [0.3, 0.4) is 0 Å². The Bertz CT molecular complexity index is 1410. The molecule has 0 heterocycles. The first-order valence-corrected chi connectivity index (χ1v) is 18.1. The number of nitrogens with one attached hydrogen (secondary N) is 1. The Morgan fingerprint density at radius 3 is 2.09 bits per heavy atom. The van der Waals surface area contributed by atoms with Crippen molar-refractivity contribution in [2.75, 3.05) is 23.7 Å². The first-order valence-electron chi connectivity index (χ1n) is 15.5. The second kappa shape index (κ2) is 13.0. The van der Waals surface area contributed by atoms with Crippen molar-refractivity contribution in [2.24, 2.45) is 17.8 Å². The molecule has 0 spiro atoms. The molecule has 4 aliphatic carbocycles. The van der Waals surface area contributed by atoms with Crippen LogP contribution in [0.25, 0.3) is 0 Å². The van der Waals surface area contributed by atoms with E-state index in [-0.39, 0.29) is 17.9 Å². The van der Waals surface area contributed by atoms with Crippen molar-refractivity contribution < 1.29 is 18.0 Å². The molecule has 7 nitrogen and oxygen atoms in total. The van der Waals surface area contributed by atoms with Crippen LogP contribution in [0.4, 0.5) is 5.69 Å². The third kappa shape index (κ3) is 7.02. The first kappa shape index (κ1) is 32.1. The van der Waals surface area contributed by atoms with Gasteiger partial charge in [0, 0.05) is 23.1 Å². The smallest absolute Gasteiger partial charge is 0.244 e. The van der Waals surface area contributed by atoms with Crippen LogP contribution in [0.1, 0.15) is 76.3 Å². The van der Waals surface area contributed by atoms with Crippen LogP contribution in [-0.2, 0) is 31.6 Å². The lowest BCUT2D eigenvalue weighted by atomic mass is 9.48. The van der Waals surface area contributed by atoms with Gasteiger partial charge in [-0.1, -0.05) is 55.2 Å². The molecule has 2 aromatic rings. The van der Waals surface area contributed by atoms with E-state index in [9.17, 15) is 18.0 Å². The van der Waals surface area contributed by atoms with Crippen LogP contribution in [0, 0.1) is 17.8 Å². The summed E-state index contributed by atoms with van der Waals surface area (Å²) in [7, 11) is -3.82. The molecule has 4 aliphatic rings. The van der Waals surface area contributed by atoms with Crippen LogP contribution in [0.2, 0.25) is 10.0 Å². The number of carbonyl (C=O) groups excluding carboxylic acids is 2. The fourth-order valence-electron chi connectivity index (χ4n) is 8.18. The fraction of sp³-hybridized carbons (Fsp3) is 0.576. The van der Waals surface area contributed by atoms with E-state index < -0.39 is 28.5 Å². The topological polar surface area (TPSA) is 86.8 Å². The molecule has 0 aliphatic heterocycles. The van der Waals surface area contributed by atoms with Crippen LogP contribution >= 0.6 is 23.2 Å². The second-order valence-corrected chi connectivity index (χ2v) is 15.7. The quantitative estimate of drug-likeness (QED) is 0.283. The summed E-state index contributed by atoms with van der Waals surface area (Å²) in [5.74, 6) is 1.64. The van der Waals surface area contributed by atoms with E-state index in [4.69, 9.17) is 23.2 Å². The minimum absolute atomic E-state index is 0.0371. The largest absolute Gasteiger partial charge is 0.354 e. The molecule has 1 atom stereocenters. The molecule has 1 N–H and O–H groups in total. The van der Waals surface area contributed by atoms with Crippen LogP contribution in [-0.4, -0.2) is 50.5 Å².